The topological polar surface area (TPSA) is 86.3 Å². The number of aliphatic hydroxyl groups excluding tert-OH is 1. The highest BCUT2D eigenvalue weighted by molar-refractivity contribution is 6.21. The van der Waals surface area contributed by atoms with Gasteiger partial charge in [0.25, 0.3) is 0 Å². The lowest BCUT2D eigenvalue weighted by atomic mass is 10.0. The molecule has 0 heterocycles. The maximum absolute atomic E-state index is 12.2. The number of carbonyl (C=O) groups excluding carboxylic acids is 1. The number of esters is 1. The number of ether oxygens (including phenoxy) is 4. The Morgan fingerprint density at radius 1 is 0.943 bits per heavy atom. The van der Waals surface area contributed by atoms with E-state index in [4.69, 9.17) is 18.9 Å². The average Bonchev–Trinajstić information content (AvgIpc) is 2.90. The van der Waals surface area contributed by atoms with E-state index in [1.807, 2.05) is 73.7 Å². The summed E-state index contributed by atoms with van der Waals surface area (Å²) in [5, 5.41) is 13.4. The lowest BCUT2D eigenvalue weighted by Crippen LogP contribution is -2.39. The molecule has 184 valence electrons. The Kier molecular flexibility index (Phi) is 9.71. The molecule has 0 saturated carbocycles. The van der Waals surface area contributed by atoms with Gasteiger partial charge in [0.2, 0.25) is 0 Å². The average molecular weight is 478 g/mol. The van der Waals surface area contributed by atoms with Gasteiger partial charge in [-0.3, -0.25) is 5.32 Å². The van der Waals surface area contributed by atoms with Gasteiger partial charge in [-0.1, -0.05) is 54.6 Å². The first-order valence-electron chi connectivity index (χ1n) is 11.3. The lowest BCUT2D eigenvalue weighted by Gasteiger charge is -2.20. The Bertz CT molecular complexity index is 1100. The van der Waals surface area contributed by atoms with Gasteiger partial charge < -0.3 is 24.1 Å². The number of para-hydroxylation sites is 2. The van der Waals surface area contributed by atoms with E-state index in [1.165, 1.54) is 7.11 Å². The molecule has 7 nitrogen and oxygen atoms in total. The van der Waals surface area contributed by atoms with Gasteiger partial charge in [-0.05, 0) is 48.4 Å². The summed E-state index contributed by atoms with van der Waals surface area (Å²) < 4.78 is 21.7. The van der Waals surface area contributed by atoms with Crippen molar-refractivity contribution in [2.24, 2.45) is 0 Å². The molecule has 3 rings (SSSR count). The molecule has 0 fully saturated rings. The summed E-state index contributed by atoms with van der Waals surface area (Å²) in [7, 11) is 2.95. The molecule has 0 aromatic heterocycles. The number of nitrogens with one attached hydrogen (secondary N) is 1. The van der Waals surface area contributed by atoms with E-state index >= 15 is 0 Å². The molecule has 0 aliphatic heterocycles. The highest BCUT2D eigenvalue weighted by Crippen LogP contribution is 2.26. The van der Waals surface area contributed by atoms with Crippen LogP contribution in [-0.2, 0) is 9.53 Å². The molecule has 0 radical (unpaired) electrons. The predicted molar refractivity (Wildman–Crippen MR) is 135 cm³/mol. The van der Waals surface area contributed by atoms with Crippen molar-refractivity contribution >= 4 is 17.6 Å². The lowest BCUT2D eigenvalue weighted by molar-refractivity contribution is -0.133. The fourth-order valence-corrected chi connectivity index (χ4v) is 3.32. The minimum atomic E-state index is -0.734. The van der Waals surface area contributed by atoms with Crippen LogP contribution >= 0.6 is 0 Å². The SMILES string of the molecule is COC(=O)C(=Cc1ccc(OCC(O)CNC(C)Oc2ccccc2OC)cc1)c1ccccc1. The molecule has 0 saturated heterocycles. The van der Waals surface area contributed by atoms with Gasteiger partial charge in [0.05, 0.1) is 19.8 Å². The first kappa shape index (κ1) is 25.8. The normalized spacial score (nSPS) is 13.0. The maximum atomic E-state index is 12.2. The van der Waals surface area contributed by atoms with Crippen LogP contribution in [0.2, 0.25) is 0 Å². The Morgan fingerprint density at radius 3 is 2.26 bits per heavy atom. The zero-order valence-electron chi connectivity index (χ0n) is 20.1. The fraction of sp³-hybridized carbons (Fsp3) is 0.250. The molecule has 2 atom stereocenters. The number of hydrogen-bond acceptors (Lipinski definition) is 7. The Labute approximate surface area is 205 Å². The first-order valence-corrected chi connectivity index (χ1v) is 11.3. The molecule has 7 heteroatoms. The third-order valence-electron chi connectivity index (χ3n) is 5.14. The van der Waals surface area contributed by atoms with Gasteiger partial charge in [0.1, 0.15) is 24.7 Å². The van der Waals surface area contributed by atoms with E-state index in [2.05, 4.69) is 5.32 Å². The molecule has 0 amide bonds. The summed E-state index contributed by atoms with van der Waals surface area (Å²) in [4.78, 5) is 12.2. The number of aliphatic hydroxyl groups is 1. The zero-order valence-corrected chi connectivity index (χ0v) is 20.1. The van der Waals surface area contributed by atoms with Crippen LogP contribution in [0.25, 0.3) is 11.6 Å². The van der Waals surface area contributed by atoms with Crippen LogP contribution in [0.5, 0.6) is 17.2 Å². The van der Waals surface area contributed by atoms with Gasteiger partial charge >= 0.3 is 5.97 Å². The minimum Gasteiger partial charge on any atom is -0.493 e. The number of benzene rings is 3. The molecule has 3 aromatic rings. The smallest absolute Gasteiger partial charge is 0.338 e. The van der Waals surface area contributed by atoms with Crippen LogP contribution in [0.4, 0.5) is 0 Å². The first-order chi connectivity index (χ1) is 17.0. The van der Waals surface area contributed by atoms with Crippen LogP contribution < -0.4 is 19.5 Å². The van der Waals surface area contributed by atoms with Crippen molar-refractivity contribution < 1.29 is 28.8 Å². The van der Waals surface area contributed by atoms with E-state index in [0.717, 1.165) is 11.1 Å². The summed E-state index contributed by atoms with van der Waals surface area (Å²) in [6.07, 6.45) is 0.704. The molecule has 3 aromatic carbocycles. The molecule has 35 heavy (non-hydrogen) atoms. The van der Waals surface area contributed by atoms with Crippen molar-refractivity contribution in [1.82, 2.24) is 5.32 Å². The molecule has 0 aliphatic rings. The van der Waals surface area contributed by atoms with Crippen molar-refractivity contribution in [2.45, 2.75) is 19.3 Å². The molecule has 0 aliphatic carbocycles. The van der Waals surface area contributed by atoms with Crippen LogP contribution in [-0.4, -0.2) is 50.8 Å². The highest BCUT2D eigenvalue weighted by atomic mass is 16.5. The third kappa shape index (κ3) is 7.88. The summed E-state index contributed by atoms with van der Waals surface area (Å²) in [5.74, 6) is 1.47. The molecular weight excluding hydrogens is 446 g/mol. The molecular formula is C28H31NO6. The minimum absolute atomic E-state index is 0.112. The molecule has 2 unspecified atom stereocenters. The molecule has 2 N–H and O–H groups in total. The van der Waals surface area contributed by atoms with E-state index in [9.17, 15) is 9.90 Å². The predicted octanol–water partition coefficient (Wildman–Crippen LogP) is 4.16. The monoisotopic (exact) mass is 477 g/mol. The fourth-order valence-electron chi connectivity index (χ4n) is 3.32. The van der Waals surface area contributed by atoms with E-state index in [1.54, 1.807) is 25.3 Å². The van der Waals surface area contributed by atoms with Crippen molar-refractivity contribution in [2.75, 3.05) is 27.4 Å². The third-order valence-corrected chi connectivity index (χ3v) is 5.14. The van der Waals surface area contributed by atoms with Gasteiger partial charge in [0, 0.05) is 6.54 Å². The molecule has 0 spiro atoms. The van der Waals surface area contributed by atoms with Crippen LogP contribution in [0.3, 0.4) is 0 Å². The number of rotatable bonds is 12. The van der Waals surface area contributed by atoms with Crippen molar-refractivity contribution in [3.63, 3.8) is 0 Å². The van der Waals surface area contributed by atoms with Crippen LogP contribution in [0.15, 0.2) is 78.9 Å². The van der Waals surface area contributed by atoms with Gasteiger partial charge in [0.15, 0.2) is 11.5 Å². The zero-order chi connectivity index (χ0) is 25.0. The molecule has 0 bridgehead atoms. The van der Waals surface area contributed by atoms with Crippen molar-refractivity contribution in [3.05, 3.63) is 90.0 Å². The van der Waals surface area contributed by atoms with Crippen molar-refractivity contribution in [1.29, 1.82) is 0 Å². The summed E-state index contributed by atoms with van der Waals surface area (Å²) in [5.41, 5.74) is 2.07. The Hall–Kier alpha value is -3.81. The second-order valence-electron chi connectivity index (χ2n) is 7.77. The number of methoxy groups -OCH3 is 2. The maximum Gasteiger partial charge on any atom is 0.338 e. The van der Waals surface area contributed by atoms with Gasteiger partial charge in [-0.25, -0.2) is 4.79 Å². The summed E-state index contributed by atoms with van der Waals surface area (Å²) >= 11 is 0. The summed E-state index contributed by atoms with van der Waals surface area (Å²) in [6, 6.07) is 24.0. The Balaban J connectivity index is 1.50. The van der Waals surface area contributed by atoms with Crippen LogP contribution in [0.1, 0.15) is 18.1 Å². The Morgan fingerprint density at radius 2 is 1.60 bits per heavy atom. The second kappa shape index (κ2) is 13.2. The summed E-state index contributed by atoms with van der Waals surface area (Å²) in [6.45, 7) is 2.25. The van der Waals surface area contributed by atoms with E-state index < -0.39 is 12.1 Å². The number of hydrogen-bond donors (Lipinski definition) is 2. The quantitative estimate of drug-likeness (QED) is 0.175. The van der Waals surface area contributed by atoms with E-state index in [0.29, 0.717) is 22.8 Å². The second-order valence-corrected chi connectivity index (χ2v) is 7.77. The number of carbonyl (C=O) groups is 1. The van der Waals surface area contributed by atoms with Gasteiger partial charge in [-0.15, -0.1) is 0 Å². The van der Waals surface area contributed by atoms with Crippen molar-refractivity contribution in [3.8, 4) is 17.2 Å². The standard InChI is InChI=1S/C28H31NO6/c1-20(35-27-12-8-7-11-26(27)32-2)29-18-23(30)19-34-24-15-13-21(14-16-24)17-25(28(31)33-3)22-9-5-4-6-10-22/h4-17,20,23,29-30H,18-19H2,1-3H3. The largest absolute Gasteiger partial charge is 0.493 e. The van der Waals surface area contributed by atoms with E-state index in [-0.39, 0.29) is 19.4 Å². The highest BCUT2D eigenvalue weighted by Gasteiger charge is 2.13. The van der Waals surface area contributed by atoms with Crippen LogP contribution in [0, 0.1) is 0 Å². The van der Waals surface area contributed by atoms with Gasteiger partial charge in [-0.2, -0.15) is 0 Å².